The van der Waals surface area contributed by atoms with Gasteiger partial charge in [0.05, 0.1) is 16.8 Å². The lowest BCUT2D eigenvalue weighted by Gasteiger charge is -2.23. The topological polar surface area (TPSA) is 72.9 Å². The Kier molecular flexibility index (Phi) is 5.12. The molecule has 4 aromatic rings. The molecule has 6 rings (SSSR count). The van der Waals surface area contributed by atoms with Gasteiger partial charge in [-0.05, 0) is 80.1 Å². The van der Waals surface area contributed by atoms with E-state index in [1.807, 2.05) is 66.4 Å². The number of hydrogen-bond acceptors (Lipinski definition) is 5. The van der Waals surface area contributed by atoms with Gasteiger partial charge in [0.2, 0.25) is 0 Å². The van der Waals surface area contributed by atoms with E-state index in [1.54, 1.807) is 24.3 Å². The summed E-state index contributed by atoms with van der Waals surface area (Å²) < 4.78 is 0. The highest BCUT2D eigenvalue weighted by atomic mass is 16.3. The second-order valence-electron chi connectivity index (χ2n) is 9.42. The third-order valence-corrected chi connectivity index (χ3v) is 6.87. The van der Waals surface area contributed by atoms with Gasteiger partial charge < -0.3 is 15.3 Å². The van der Waals surface area contributed by atoms with Crippen LogP contribution in [0, 0.1) is 13.8 Å². The van der Waals surface area contributed by atoms with Crippen molar-refractivity contribution in [1.29, 1.82) is 0 Å². The molecule has 0 saturated carbocycles. The molecule has 2 heterocycles. The van der Waals surface area contributed by atoms with E-state index in [-0.39, 0.29) is 11.8 Å². The minimum atomic E-state index is -0.655. The molecule has 4 aromatic carbocycles. The standard InChI is InChI=1S/C30H25N3O3/c1-18-3-13-25-20(15-18)17-32(28(25)34)23-9-5-21(6-10-23)31-22-7-11-24(12-8-22)33-29(35)26-14-4-19(2)16-27(26)30(33)36/h3-16,28,31,34H,17H2,1-2H3. The first-order valence-corrected chi connectivity index (χ1v) is 11.9. The van der Waals surface area contributed by atoms with E-state index in [2.05, 4.69) is 18.3 Å². The summed E-state index contributed by atoms with van der Waals surface area (Å²) in [6.07, 6.45) is -0.655. The van der Waals surface area contributed by atoms with Crippen LogP contribution in [0.15, 0.2) is 84.9 Å². The molecule has 1 atom stereocenters. The van der Waals surface area contributed by atoms with Gasteiger partial charge in [-0.2, -0.15) is 0 Å². The monoisotopic (exact) mass is 475 g/mol. The lowest BCUT2D eigenvalue weighted by Crippen LogP contribution is -2.29. The van der Waals surface area contributed by atoms with Gasteiger partial charge in [-0.25, -0.2) is 4.90 Å². The summed E-state index contributed by atoms with van der Waals surface area (Å²) in [6, 6.07) is 26.6. The molecule has 2 aliphatic heterocycles. The number of aliphatic hydroxyl groups excluding tert-OH is 1. The third-order valence-electron chi connectivity index (χ3n) is 6.87. The number of carbonyl (C=O) groups is 2. The highest BCUT2D eigenvalue weighted by molar-refractivity contribution is 6.34. The second-order valence-corrected chi connectivity index (χ2v) is 9.42. The van der Waals surface area contributed by atoms with Crippen LogP contribution in [0.25, 0.3) is 0 Å². The van der Waals surface area contributed by atoms with Crippen molar-refractivity contribution < 1.29 is 14.7 Å². The van der Waals surface area contributed by atoms with Crippen molar-refractivity contribution >= 4 is 34.6 Å². The molecular weight excluding hydrogens is 450 g/mol. The van der Waals surface area contributed by atoms with Crippen molar-refractivity contribution in [3.05, 3.63) is 118 Å². The van der Waals surface area contributed by atoms with Gasteiger partial charge in [-0.15, -0.1) is 0 Å². The van der Waals surface area contributed by atoms with Crippen LogP contribution in [0.3, 0.4) is 0 Å². The van der Waals surface area contributed by atoms with Crippen molar-refractivity contribution in [3.8, 4) is 0 Å². The predicted octanol–water partition coefficient (Wildman–Crippen LogP) is 5.86. The zero-order valence-corrected chi connectivity index (χ0v) is 20.0. The predicted molar refractivity (Wildman–Crippen MR) is 141 cm³/mol. The molecule has 0 bridgehead atoms. The van der Waals surface area contributed by atoms with Gasteiger partial charge in [0, 0.05) is 29.2 Å². The first-order valence-electron chi connectivity index (χ1n) is 11.9. The number of amides is 2. The fraction of sp³-hybridized carbons (Fsp3) is 0.133. The van der Waals surface area contributed by atoms with Crippen molar-refractivity contribution in [2.75, 3.05) is 15.1 Å². The van der Waals surface area contributed by atoms with Crippen LogP contribution >= 0.6 is 0 Å². The van der Waals surface area contributed by atoms with E-state index in [1.165, 1.54) is 10.5 Å². The van der Waals surface area contributed by atoms with E-state index >= 15 is 0 Å². The molecular formula is C30H25N3O3. The average molecular weight is 476 g/mol. The fourth-order valence-electron chi connectivity index (χ4n) is 4.98. The Morgan fingerprint density at radius 3 is 2.00 bits per heavy atom. The van der Waals surface area contributed by atoms with Crippen LogP contribution in [0.4, 0.5) is 22.7 Å². The molecule has 2 N–H and O–H groups in total. The number of nitrogens with one attached hydrogen (secondary N) is 1. The van der Waals surface area contributed by atoms with Crippen molar-refractivity contribution in [2.45, 2.75) is 26.6 Å². The number of carbonyl (C=O) groups excluding carboxylic acids is 2. The lowest BCUT2D eigenvalue weighted by atomic mass is 10.1. The molecule has 0 aromatic heterocycles. The van der Waals surface area contributed by atoms with Crippen LogP contribution in [0.2, 0.25) is 0 Å². The number of aliphatic hydroxyl groups is 1. The maximum atomic E-state index is 12.9. The summed E-state index contributed by atoms with van der Waals surface area (Å²) in [5.74, 6) is -0.593. The van der Waals surface area contributed by atoms with Crippen LogP contribution in [-0.2, 0) is 6.54 Å². The van der Waals surface area contributed by atoms with Gasteiger partial charge in [-0.3, -0.25) is 9.59 Å². The molecule has 0 spiro atoms. The summed E-state index contributed by atoms with van der Waals surface area (Å²) in [4.78, 5) is 28.9. The highest BCUT2D eigenvalue weighted by Crippen LogP contribution is 2.37. The maximum absolute atomic E-state index is 12.9. The Labute approximate surface area is 209 Å². The van der Waals surface area contributed by atoms with Crippen LogP contribution in [0.1, 0.15) is 49.2 Å². The third kappa shape index (κ3) is 3.63. The number of hydrogen-bond donors (Lipinski definition) is 2. The minimum absolute atomic E-state index is 0.295. The van der Waals surface area contributed by atoms with Crippen LogP contribution < -0.4 is 15.1 Å². The molecule has 2 amide bonds. The summed E-state index contributed by atoms with van der Waals surface area (Å²) in [7, 11) is 0. The zero-order valence-electron chi connectivity index (χ0n) is 20.0. The number of fused-ring (bicyclic) bond motifs is 2. The van der Waals surface area contributed by atoms with Crippen molar-refractivity contribution in [3.63, 3.8) is 0 Å². The van der Waals surface area contributed by atoms with Gasteiger partial charge in [-0.1, -0.05) is 35.4 Å². The van der Waals surface area contributed by atoms with E-state index < -0.39 is 6.23 Å². The smallest absolute Gasteiger partial charge is 0.266 e. The summed E-state index contributed by atoms with van der Waals surface area (Å²) in [5, 5.41) is 14.1. The molecule has 0 fully saturated rings. The van der Waals surface area contributed by atoms with Gasteiger partial charge in [0.25, 0.3) is 11.8 Å². The number of anilines is 4. The fourth-order valence-corrected chi connectivity index (χ4v) is 4.98. The van der Waals surface area contributed by atoms with Gasteiger partial charge in [0.15, 0.2) is 6.23 Å². The molecule has 0 radical (unpaired) electrons. The molecule has 0 saturated heterocycles. The average Bonchev–Trinajstić information content (AvgIpc) is 3.32. The Balaban J connectivity index is 1.16. The number of rotatable bonds is 4. The van der Waals surface area contributed by atoms with E-state index in [4.69, 9.17) is 0 Å². The van der Waals surface area contributed by atoms with Crippen LogP contribution in [-0.4, -0.2) is 16.9 Å². The molecule has 1 unspecified atom stereocenters. The molecule has 178 valence electrons. The summed E-state index contributed by atoms with van der Waals surface area (Å²) >= 11 is 0. The first-order chi connectivity index (χ1) is 17.4. The van der Waals surface area contributed by atoms with Crippen molar-refractivity contribution in [1.82, 2.24) is 0 Å². The highest BCUT2D eigenvalue weighted by Gasteiger charge is 2.36. The van der Waals surface area contributed by atoms with E-state index in [0.29, 0.717) is 23.4 Å². The first kappa shape index (κ1) is 22.1. The van der Waals surface area contributed by atoms with Gasteiger partial charge >= 0.3 is 0 Å². The summed E-state index contributed by atoms with van der Waals surface area (Å²) in [6.45, 7) is 4.63. The number of nitrogens with zero attached hydrogens (tertiary/aromatic N) is 2. The Morgan fingerprint density at radius 2 is 1.31 bits per heavy atom. The molecule has 36 heavy (non-hydrogen) atoms. The second kappa shape index (κ2) is 8.36. The Bertz CT molecular complexity index is 1510. The quantitative estimate of drug-likeness (QED) is 0.362. The minimum Gasteiger partial charge on any atom is -0.369 e. The maximum Gasteiger partial charge on any atom is 0.266 e. The SMILES string of the molecule is Cc1ccc2c(c1)CN(c1ccc(Nc3ccc(N4C(=O)c5ccc(C)cc5C4=O)cc3)cc1)C2O. The molecule has 2 aliphatic rings. The number of benzene rings is 4. The van der Waals surface area contributed by atoms with E-state index in [9.17, 15) is 14.7 Å². The Hall–Kier alpha value is -4.42. The van der Waals surface area contributed by atoms with E-state index in [0.717, 1.165) is 33.8 Å². The lowest BCUT2D eigenvalue weighted by molar-refractivity contribution is 0.0926. The van der Waals surface area contributed by atoms with Crippen molar-refractivity contribution in [2.24, 2.45) is 0 Å². The summed E-state index contributed by atoms with van der Waals surface area (Å²) in [5.41, 5.74) is 8.34. The zero-order chi connectivity index (χ0) is 25.0. The number of imide groups is 1. The Morgan fingerprint density at radius 1 is 0.722 bits per heavy atom. The van der Waals surface area contributed by atoms with Crippen LogP contribution in [0.5, 0.6) is 0 Å². The normalized spacial score (nSPS) is 16.4. The molecule has 0 aliphatic carbocycles. The molecule has 6 nitrogen and oxygen atoms in total. The van der Waals surface area contributed by atoms with Gasteiger partial charge in [0.1, 0.15) is 0 Å². The number of aryl methyl sites for hydroxylation is 2. The largest absolute Gasteiger partial charge is 0.369 e. The molecule has 6 heteroatoms.